The number of ketones is 1. The van der Waals surface area contributed by atoms with E-state index in [1.54, 1.807) is 6.20 Å². The first-order valence-electron chi connectivity index (χ1n) is 9.23. The maximum absolute atomic E-state index is 12.7. The summed E-state index contributed by atoms with van der Waals surface area (Å²) >= 11 is 3.51. The van der Waals surface area contributed by atoms with Gasteiger partial charge < -0.3 is 15.7 Å². The number of nitrogens with zero attached hydrogens (tertiary/aromatic N) is 1. The quantitative estimate of drug-likeness (QED) is 0.587. The minimum Gasteiger partial charge on any atom is -0.465 e. The summed E-state index contributed by atoms with van der Waals surface area (Å²) in [5.41, 5.74) is 2.28. The number of carbonyl (C=O) groups excluding carboxylic acids is 1. The predicted octanol–water partition coefficient (Wildman–Crippen LogP) is 4.83. The van der Waals surface area contributed by atoms with Gasteiger partial charge in [-0.25, -0.2) is 4.79 Å². The van der Waals surface area contributed by atoms with E-state index in [2.05, 4.69) is 31.5 Å². The number of nitrogens with one attached hydrogen (secondary N) is 2. The van der Waals surface area contributed by atoms with Crippen LogP contribution in [0.1, 0.15) is 49.9 Å². The largest absolute Gasteiger partial charge is 0.465 e. The number of fused-ring (bicyclic) bond motifs is 1. The molecule has 0 atom stereocenters. The zero-order valence-corrected chi connectivity index (χ0v) is 17.0. The molecular weight excluding hydrogens is 410 g/mol. The SMILES string of the molecule is CC(C)C(=O)c1cnc2ccc(Br)cc2c1NC1CCC(NC(=O)O)CC1. The molecule has 144 valence electrons. The number of amides is 1. The Kier molecular flexibility index (Phi) is 5.99. The monoisotopic (exact) mass is 433 g/mol. The molecule has 0 aliphatic heterocycles. The summed E-state index contributed by atoms with van der Waals surface area (Å²) in [5, 5.41) is 15.9. The van der Waals surface area contributed by atoms with Crippen molar-refractivity contribution < 1.29 is 14.7 Å². The zero-order valence-electron chi connectivity index (χ0n) is 15.5. The molecule has 1 fully saturated rings. The van der Waals surface area contributed by atoms with Crippen LogP contribution in [-0.4, -0.2) is 34.1 Å². The van der Waals surface area contributed by atoms with Crippen LogP contribution >= 0.6 is 15.9 Å². The van der Waals surface area contributed by atoms with Crippen LogP contribution in [0.2, 0.25) is 0 Å². The van der Waals surface area contributed by atoms with E-state index in [1.165, 1.54) is 0 Å². The molecule has 3 rings (SSSR count). The molecule has 1 aromatic heterocycles. The molecule has 0 unspecified atom stereocenters. The van der Waals surface area contributed by atoms with Gasteiger partial charge in [-0.3, -0.25) is 9.78 Å². The average Bonchev–Trinajstić information content (AvgIpc) is 2.62. The molecule has 0 saturated heterocycles. The molecule has 1 saturated carbocycles. The number of carboxylic acid groups (broad SMARTS) is 1. The molecule has 0 bridgehead atoms. The topological polar surface area (TPSA) is 91.3 Å². The van der Waals surface area contributed by atoms with E-state index in [0.717, 1.165) is 46.7 Å². The Bertz CT molecular complexity index is 861. The summed E-state index contributed by atoms with van der Waals surface area (Å²) in [7, 11) is 0. The summed E-state index contributed by atoms with van der Waals surface area (Å²) < 4.78 is 0.934. The second-order valence-corrected chi connectivity index (χ2v) is 8.29. The van der Waals surface area contributed by atoms with Crippen molar-refractivity contribution in [2.75, 3.05) is 5.32 Å². The lowest BCUT2D eigenvalue weighted by atomic mass is 9.90. The summed E-state index contributed by atoms with van der Waals surface area (Å²) in [6, 6.07) is 6.05. The lowest BCUT2D eigenvalue weighted by Crippen LogP contribution is -2.39. The van der Waals surface area contributed by atoms with E-state index in [4.69, 9.17) is 5.11 Å². The Hall–Kier alpha value is -2.15. The maximum atomic E-state index is 12.7. The highest BCUT2D eigenvalue weighted by Crippen LogP contribution is 2.32. The molecule has 1 amide bonds. The Morgan fingerprint density at radius 3 is 2.48 bits per heavy atom. The van der Waals surface area contributed by atoms with Gasteiger partial charge in [0.05, 0.1) is 16.8 Å². The maximum Gasteiger partial charge on any atom is 0.404 e. The van der Waals surface area contributed by atoms with Crippen LogP contribution in [0, 0.1) is 5.92 Å². The number of pyridine rings is 1. The van der Waals surface area contributed by atoms with Crippen LogP contribution in [0.15, 0.2) is 28.9 Å². The molecule has 1 aliphatic rings. The third-order valence-corrected chi connectivity index (χ3v) is 5.52. The van der Waals surface area contributed by atoms with Crippen molar-refractivity contribution >= 4 is 44.4 Å². The summed E-state index contributed by atoms with van der Waals surface area (Å²) in [6.45, 7) is 3.78. The van der Waals surface area contributed by atoms with Crippen LogP contribution in [-0.2, 0) is 0 Å². The predicted molar refractivity (Wildman–Crippen MR) is 109 cm³/mol. The number of Topliss-reactive ketones (excluding diaryl/α,β-unsaturated/α-hetero) is 1. The first-order chi connectivity index (χ1) is 12.8. The standard InChI is InChI=1S/C20H24BrN3O3/c1-11(2)19(25)16-10-22-17-8-3-12(21)9-15(17)18(16)23-13-4-6-14(7-5-13)24-20(26)27/h3,8-11,13-14,24H,4-7H2,1-2H3,(H,22,23)(H,26,27). The molecule has 1 aliphatic carbocycles. The van der Waals surface area contributed by atoms with Gasteiger partial charge in [0.1, 0.15) is 0 Å². The summed E-state index contributed by atoms with van der Waals surface area (Å²) in [5.74, 6) is -0.0550. The lowest BCUT2D eigenvalue weighted by molar-refractivity contribution is 0.0940. The second-order valence-electron chi connectivity index (χ2n) is 7.37. The molecule has 2 aromatic rings. The molecule has 0 radical (unpaired) electrons. The van der Waals surface area contributed by atoms with Gasteiger partial charge in [0.2, 0.25) is 0 Å². The Labute approximate surface area is 166 Å². The van der Waals surface area contributed by atoms with Gasteiger partial charge >= 0.3 is 6.09 Å². The Morgan fingerprint density at radius 2 is 1.85 bits per heavy atom. The number of hydrogen-bond acceptors (Lipinski definition) is 4. The minimum absolute atomic E-state index is 0.000597. The van der Waals surface area contributed by atoms with Gasteiger partial charge in [-0.05, 0) is 43.9 Å². The third kappa shape index (κ3) is 4.58. The minimum atomic E-state index is -0.971. The van der Waals surface area contributed by atoms with Crippen molar-refractivity contribution in [1.29, 1.82) is 0 Å². The van der Waals surface area contributed by atoms with Crippen molar-refractivity contribution in [2.24, 2.45) is 5.92 Å². The van der Waals surface area contributed by atoms with Crippen LogP contribution in [0.5, 0.6) is 0 Å². The van der Waals surface area contributed by atoms with Crippen molar-refractivity contribution in [3.05, 3.63) is 34.4 Å². The van der Waals surface area contributed by atoms with Gasteiger partial charge in [0.25, 0.3) is 0 Å². The fourth-order valence-electron chi connectivity index (χ4n) is 3.58. The van der Waals surface area contributed by atoms with Crippen molar-refractivity contribution in [1.82, 2.24) is 10.3 Å². The van der Waals surface area contributed by atoms with E-state index in [1.807, 2.05) is 32.0 Å². The fourth-order valence-corrected chi connectivity index (χ4v) is 3.94. The highest BCUT2D eigenvalue weighted by atomic mass is 79.9. The van der Waals surface area contributed by atoms with Gasteiger partial charge in [0.15, 0.2) is 5.78 Å². The van der Waals surface area contributed by atoms with Crippen molar-refractivity contribution in [3.8, 4) is 0 Å². The second kappa shape index (κ2) is 8.25. The number of aromatic nitrogens is 1. The van der Waals surface area contributed by atoms with Gasteiger partial charge in [-0.2, -0.15) is 0 Å². The van der Waals surface area contributed by atoms with Crippen LogP contribution in [0.25, 0.3) is 10.9 Å². The molecule has 7 heteroatoms. The molecule has 6 nitrogen and oxygen atoms in total. The first kappa shape index (κ1) is 19.6. The fraction of sp³-hybridized carbons (Fsp3) is 0.450. The smallest absolute Gasteiger partial charge is 0.404 e. The highest BCUT2D eigenvalue weighted by molar-refractivity contribution is 9.10. The molecular formula is C20H24BrN3O3. The van der Waals surface area contributed by atoms with Crippen LogP contribution < -0.4 is 10.6 Å². The first-order valence-corrected chi connectivity index (χ1v) is 10.0. The summed E-state index contributed by atoms with van der Waals surface area (Å²) in [4.78, 5) is 28.0. The number of halogens is 1. The Morgan fingerprint density at radius 1 is 1.19 bits per heavy atom. The van der Waals surface area contributed by atoms with E-state index in [0.29, 0.717) is 5.56 Å². The zero-order chi connectivity index (χ0) is 19.6. The molecule has 0 spiro atoms. The van der Waals surface area contributed by atoms with Crippen molar-refractivity contribution in [2.45, 2.75) is 51.6 Å². The van der Waals surface area contributed by atoms with E-state index in [9.17, 15) is 9.59 Å². The van der Waals surface area contributed by atoms with Crippen LogP contribution in [0.3, 0.4) is 0 Å². The van der Waals surface area contributed by atoms with Crippen molar-refractivity contribution in [3.63, 3.8) is 0 Å². The van der Waals surface area contributed by atoms with E-state index < -0.39 is 6.09 Å². The Balaban J connectivity index is 1.90. The molecule has 27 heavy (non-hydrogen) atoms. The molecule has 1 aromatic carbocycles. The number of carbonyl (C=O) groups is 2. The van der Waals surface area contributed by atoms with Crippen LogP contribution in [0.4, 0.5) is 10.5 Å². The number of rotatable bonds is 5. The number of anilines is 1. The van der Waals surface area contributed by atoms with E-state index >= 15 is 0 Å². The number of benzene rings is 1. The molecule has 1 heterocycles. The number of hydrogen-bond donors (Lipinski definition) is 3. The van der Waals surface area contributed by atoms with Gasteiger partial charge in [0, 0.05) is 34.1 Å². The lowest BCUT2D eigenvalue weighted by Gasteiger charge is -2.30. The third-order valence-electron chi connectivity index (χ3n) is 5.02. The highest BCUT2D eigenvalue weighted by Gasteiger charge is 2.25. The molecule has 3 N–H and O–H groups in total. The van der Waals surface area contributed by atoms with Gasteiger partial charge in [-0.1, -0.05) is 29.8 Å². The van der Waals surface area contributed by atoms with E-state index in [-0.39, 0.29) is 23.8 Å². The average molecular weight is 434 g/mol. The van der Waals surface area contributed by atoms with Gasteiger partial charge in [-0.15, -0.1) is 0 Å². The normalized spacial score (nSPS) is 19.9. The summed E-state index contributed by atoms with van der Waals surface area (Å²) in [6.07, 6.45) is 3.95.